The molecule has 2 aliphatic rings. The van der Waals surface area contributed by atoms with E-state index in [-0.39, 0.29) is 17.9 Å². The van der Waals surface area contributed by atoms with Crippen LogP contribution in [0.5, 0.6) is 0 Å². The molecule has 2 aromatic carbocycles. The molecule has 1 N–H and O–H groups in total. The first-order valence-corrected chi connectivity index (χ1v) is 10.8. The van der Waals surface area contributed by atoms with E-state index >= 15 is 0 Å². The van der Waals surface area contributed by atoms with Crippen LogP contribution in [0.15, 0.2) is 70.9 Å². The Morgan fingerprint density at radius 3 is 2.73 bits per heavy atom. The SMILES string of the molecule is COC(=O)C1=C(C)N=C2SCCCN2C1c1cccc(NC(=O)c2ccccc2)c1. The number of benzene rings is 2. The summed E-state index contributed by atoms with van der Waals surface area (Å²) in [6, 6.07) is 16.4. The molecule has 7 heteroatoms. The summed E-state index contributed by atoms with van der Waals surface area (Å²) in [4.78, 5) is 32.0. The van der Waals surface area contributed by atoms with Gasteiger partial charge in [0, 0.05) is 23.5 Å². The number of esters is 1. The van der Waals surface area contributed by atoms with Gasteiger partial charge in [-0.3, -0.25) is 4.79 Å². The van der Waals surface area contributed by atoms with E-state index in [0.29, 0.717) is 22.5 Å². The number of hydrogen-bond acceptors (Lipinski definition) is 6. The highest BCUT2D eigenvalue weighted by molar-refractivity contribution is 8.13. The molecule has 6 nitrogen and oxygen atoms in total. The van der Waals surface area contributed by atoms with Crippen LogP contribution in [0.1, 0.15) is 35.3 Å². The molecule has 0 saturated carbocycles. The van der Waals surface area contributed by atoms with Crippen molar-refractivity contribution >= 4 is 34.5 Å². The lowest BCUT2D eigenvalue weighted by atomic mass is 9.94. The van der Waals surface area contributed by atoms with Gasteiger partial charge in [-0.05, 0) is 43.2 Å². The van der Waals surface area contributed by atoms with Gasteiger partial charge < -0.3 is 15.0 Å². The van der Waals surface area contributed by atoms with Gasteiger partial charge in [-0.25, -0.2) is 9.79 Å². The van der Waals surface area contributed by atoms with Crippen LogP contribution in [0.3, 0.4) is 0 Å². The molecule has 0 radical (unpaired) electrons. The van der Waals surface area contributed by atoms with Crippen molar-refractivity contribution in [3.63, 3.8) is 0 Å². The Morgan fingerprint density at radius 1 is 1.17 bits per heavy atom. The minimum Gasteiger partial charge on any atom is -0.466 e. The highest BCUT2D eigenvalue weighted by Crippen LogP contribution is 2.40. The average molecular weight is 422 g/mol. The fourth-order valence-electron chi connectivity index (χ4n) is 3.77. The summed E-state index contributed by atoms with van der Waals surface area (Å²) in [7, 11) is 1.39. The Balaban J connectivity index is 1.69. The summed E-state index contributed by atoms with van der Waals surface area (Å²) in [6.07, 6.45) is 1.01. The summed E-state index contributed by atoms with van der Waals surface area (Å²) in [5.41, 5.74) is 3.39. The van der Waals surface area contributed by atoms with Gasteiger partial charge in [-0.1, -0.05) is 42.1 Å². The van der Waals surface area contributed by atoms with Gasteiger partial charge in [0.1, 0.15) is 0 Å². The van der Waals surface area contributed by atoms with Gasteiger partial charge in [-0.2, -0.15) is 0 Å². The van der Waals surface area contributed by atoms with Gasteiger partial charge in [-0.15, -0.1) is 0 Å². The molecular formula is C23H23N3O3S. The third kappa shape index (κ3) is 3.98. The molecule has 154 valence electrons. The zero-order valence-corrected chi connectivity index (χ0v) is 17.7. The molecule has 1 amide bonds. The monoisotopic (exact) mass is 421 g/mol. The van der Waals surface area contributed by atoms with E-state index in [1.807, 2.05) is 49.4 Å². The van der Waals surface area contributed by atoms with Crippen LogP contribution in [0.25, 0.3) is 0 Å². The molecule has 1 atom stereocenters. The third-order valence-corrected chi connectivity index (χ3v) is 6.24. The van der Waals surface area contributed by atoms with Crippen LogP contribution in [0.2, 0.25) is 0 Å². The Morgan fingerprint density at radius 2 is 1.97 bits per heavy atom. The van der Waals surface area contributed by atoms with Crippen LogP contribution in [0.4, 0.5) is 5.69 Å². The van der Waals surface area contributed by atoms with Crippen LogP contribution < -0.4 is 5.32 Å². The number of hydrogen-bond donors (Lipinski definition) is 1. The number of carbonyl (C=O) groups is 2. The van der Waals surface area contributed by atoms with Crippen LogP contribution in [-0.4, -0.2) is 41.4 Å². The van der Waals surface area contributed by atoms with Crippen LogP contribution in [-0.2, 0) is 9.53 Å². The number of nitrogens with one attached hydrogen (secondary N) is 1. The first kappa shape index (κ1) is 20.2. The van der Waals surface area contributed by atoms with Crippen molar-refractivity contribution < 1.29 is 14.3 Å². The lowest BCUT2D eigenvalue weighted by Gasteiger charge is -2.40. The summed E-state index contributed by atoms with van der Waals surface area (Å²) in [6.45, 7) is 2.66. The Hall–Kier alpha value is -3.06. The van der Waals surface area contributed by atoms with Crippen LogP contribution >= 0.6 is 11.8 Å². The number of anilines is 1. The molecule has 0 aliphatic carbocycles. The Kier molecular flexibility index (Phi) is 5.90. The van der Waals surface area contributed by atoms with Crippen molar-refractivity contribution in [2.45, 2.75) is 19.4 Å². The Labute approximate surface area is 180 Å². The van der Waals surface area contributed by atoms with E-state index in [1.54, 1.807) is 23.9 Å². The molecule has 1 fully saturated rings. The lowest BCUT2D eigenvalue weighted by Crippen LogP contribution is -2.42. The molecular weight excluding hydrogens is 398 g/mol. The molecule has 0 spiro atoms. The minimum absolute atomic E-state index is 0.174. The van der Waals surface area contributed by atoms with Crippen molar-refractivity contribution in [2.75, 3.05) is 24.7 Å². The number of fused-ring (bicyclic) bond motifs is 1. The summed E-state index contributed by atoms with van der Waals surface area (Å²) >= 11 is 1.70. The van der Waals surface area contributed by atoms with E-state index in [0.717, 1.165) is 29.4 Å². The maximum absolute atomic E-state index is 12.6. The van der Waals surface area contributed by atoms with E-state index < -0.39 is 0 Å². The number of amides is 1. The van der Waals surface area contributed by atoms with E-state index in [4.69, 9.17) is 4.74 Å². The molecule has 2 aromatic rings. The number of aliphatic imine (C=N–C) groups is 1. The Bertz CT molecular complexity index is 1030. The van der Waals surface area contributed by atoms with Gasteiger partial charge in [0.05, 0.1) is 24.4 Å². The van der Waals surface area contributed by atoms with Crippen molar-refractivity contribution in [3.8, 4) is 0 Å². The quantitative estimate of drug-likeness (QED) is 0.748. The van der Waals surface area contributed by atoms with E-state index in [1.165, 1.54) is 7.11 Å². The second-order valence-corrected chi connectivity index (χ2v) is 8.19. The molecule has 1 saturated heterocycles. The zero-order valence-electron chi connectivity index (χ0n) is 16.9. The highest BCUT2D eigenvalue weighted by atomic mass is 32.2. The average Bonchev–Trinajstić information content (AvgIpc) is 2.78. The fraction of sp³-hybridized carbons (Fsp3) is 0.261. The lowest BCUT2D eigenvalue weighted by molar-refractivity contribution is -0.136. The van der Waals surface area contributed by atoms with Crippen molar-refractivity contribution in [1.82, 2.24) is 4.90 Å². The second-order valence-electron chi connectivity index (χ2n) is 7.13. The minimum atomic E-state index is -0.380. The summed E-state index contributed by atoms with van der Waals surface area (Å²) in [5, 5.41) is 3.88. The number of thioether (sulfide) groups is 1. The maximum atomic E-state index is 12.6. The standard InChI is InChI=1S/C23H23N3O3S/c1-15-19(22(28)29-2)20(26-12-7-13-30-23(26)24-15)17-10-6-11-18(14-17)25-21(27)16-8-4-3-5-9-16/h3-6,8-11,14,20H,7,12-13H2,1-2H3,(H,25,27). The number of amidine groups is 1. The number of ether oxygens (including phenoxy) is 1. The molecule has 0 bridgehead atoms. The summed E-state index contributed by atoms with van der Waals surface area (Å²) in [5.74, 6) is 0.456. The van der Waals surface area contributed by atoms with Gasteiger partial charge in [0.15, 0.2) is 5.17 Å². The summed E-state index contributed by atoms with van der Waals surface area (Å²) < 4.78 is 5.07. The number of methoxy groups -OCH3 is 1. The van der Waals surface area contributed by atoms with Gasteiger partial charge >= 0.3 is 5.97 Å². The molecule has 0 aromatic heterocycles. The normalized spacial score (nSPS) is 18.4. The van der Waals surface area contributed by atoms with Crippen molar-refractivity contribution in [3.05, 3.63) is 77.0 Å². The van der Waals surface area contributed by atoms with Crippen molar-refractivity contribution in [1.29, 1.82) is 0 Å². The maximum Gasteiger partial charge on any atom is 0.338 e. The fourth-order valence-corrected chi connectivity index (χ4v) is 4.79. The first-order chi connectivity index (χ1) is 14.6. The predicted molar refractivity (Wildman–Crippen MR) is 120 cm³/mol. The number of allylic oxidation sites excluding steroid dienone is 1. The van der Waals surface area contributed by atoms with Gasteiger partial charge in [0.25, 0.3) is 5.91 Å². The van der Waals surface area contributed by atoms with Gasteiger partial charge in [0.2, 0.25) is 0 Å². The second kappa shape index (κ2) is 8.75. The third-order valence-electron chi connectivity index (χ3n) is 5.16. The van der Waals surface area contributed by atoms with E-state index in [9.17, 15) is 9.59 Å². The molecule has 2 aliphatic heterocycles. The largest absolute Gasteiger partial charge is 0.466 e. The molecule has 1 unspecified atom stereocenters. The molecule has 2 heterocycles. The number of nitrogens with zero attached hydrogens (tertiary/aromatic N) is 2. The molecule has 4 rings (SSSR count). The number of rotatable bonds is 4. The zero-order chi connectivity index (χ0) is 21.1. The van der Waals surface area contributed by atoms with E-state index in [2.05, 4.69) is 15.2 Å². The van der Waals surface area contributed by atoms with Crippen LogP contribution in [0, 0.1) is 0 Å². The smallest absolute Gasteiger partial charge is 0.338 e. The first-order valence-electron chi connectivity index (χ1n) is 9.82. The predicted octanol–water partition coefficient (Wildman–Crippen LogP) is 4.24. The van der Waals surface area contributed by atoms with Crippen molar-refractivity contribution in [2.24, 2.45) is 4.99 Å². The highest BCUT2D eigenvalue weighted by Gasteiger charge is 2.37. The molecule has 30 heavy (non-hydrogen) atoms. The topological polar surface area (TPSA) is 71.0 Å². The number of carbonyl (C=O) groups excluding carboxylic acids is 2.